The minimum Gasteiger partial charge on any atom is -0.368 e. The van der Waals surface area contributed by atoms with Crippen LogP contribution in [0.1, 0.15) is 19.8 Å². The smallest absolute Gasteiger partial charge is 0.221 e. The fourth-order valence-electron chi connectivity index (χ4n) is 2.11. The molecule has 0 saturated carbocycles. The zero-order chi connectivity index (χ0) is 12.3. The van der Waals surface area contributed by atoms with Crippen LogP contribution in [0.2, 0.25) is 0 Å². The number of anilines is 2. The molecule has 2 heterocycles. The fraction of sp³-hybridized carbons (Fsp3) is 0.636. The summed E-state index contributed by atoms with van der Waals surface area (Å²) in [6.07, 6.45) is 4.31. The van der Waals surface area contributed by atoms with Crippen molar-refractivity contribution < 1.29 is 0 Å². The number of nitrogens with two attached hydrogens (primary N) is 1. The Morgan fingerprint density at radius 1 is 1.53 bits per heavy atom. The number of halogens is 1. The van der Waals surface area contributed by atoms with Crippen molar-refractivity contribution in [1.29, 1.82) is 0 Å². The molecule has 1 saturated heterocycles. The molecule has 94 valence electrons. The van der Waals surface area contributed by atoms with Gasteiger partial charge in [0.05, 0.1) is 4.47 Å². The summed E-state index contributed by atoms with van der Waals surface area (Å²) in [6, 6.07) is 0.346. The Morgan fingerprint density at radius 3 is 2.94 bits per heavy atom. The number of rotatable bonds is 4. The second-order valence-corrected chi connectivity index (χ2v) is 5.33. The lowest BCUT2D eigenvalue weighted by Crippen LogP contribution is -2.33. The van der Waals surface area contributed by atoms with Gasteiger partial charge in [0.1, 0.15) is 5.82 Å². The van der Waals surface area contributed by atoms with Crippen LogP contribution < -0.4 is 11.1 Å². The molecule has 0 aromatic carbocycles. The molecule has 1 aromatic rings. The highest BCUT2D eigenvalue weighted by atomic mass is 79.9. The molecule has 3 N–H and O–H groups in total. The first-order chi connectivity index (χ1) is 8.15. The SMILES string of the molecule is CC(CN1CCCC1)Nc1nc(N)ncc1Br. The lowest BCUT2D eigenvalue weighted by atomic mass is 10.3. The van der Waals surface area contributed by atoms with E-state index in [2.05, 4.69) is 43.0 Å². The summed E-state index contributed by atoms with van der Waals surface area (Å²) in [5.41, 5.74) is 5.57. The van der Waals surface area contributed by atoms with E-state index in [1.54, 1.807) is 6.20 Å². The number of nitrogens with zero attached hydrogens (tertiary/aromatic N) is 3. The Labute approximate surface area is 110 Å². The van der Waals surface area contributed by atoms with Crippen molar-refractivity contribution >= 4 is 27.7 Å². The molecule has 0 aliphatic carbocycles. The third-order valence-corrected chi connectivity index (χ3v) is 3.46. The predicted octanol–water partition coefficient (Wildman–Crippen LogP) is 1.72. The van der Waals surface area contributed by atoms with E-state index < -0.39 is 0 Å². The molecule has 1 fully saturated rings. The van der Waals surface area contributed by atoms with E-state index in [9.17, 15) is 0 Å². The summed E-state index contributed by atoms with van der Waals surface area (Å²) in [7, 11) is 0. The molecule has 1 aliphatic heterocycles. The zero-order valence-electron chi connectivity index (χ0n) is 9.99. The molecule has 0 bridgehead atoms. The normalized spacial score (nSPS) is 18.2. The van der Waals surface area contributed by atoms with Crippen molar-refractivity contribution in [2.75, 3.05) is 30.7 Å². The van der Waals surface area contributed by atoms with Gasteiger partial charge in [0.2, 0.25) is 5.95 Å². The van der Waals surface area contributed by atoms with Crippen LogP contribution >= 0.6 is 15.9 Å². The topological polar surface area (TPSA) is 67.1 Å². The average molecular weight is 300 g/mol. The van der Waals surface area contributed by atoms with Crippen molar-refractivity contribution in [2.45, 2.75) is 25.8 Å². The van der Waals surface area contributed by atoms with Gasteiger partial charge >= 0.3 is 0 Å². The van der Waals surface area contributed by atoms with Gasteiger partial charge in [-0.3, -0.25) is 0 Å². The maximum absolute atomic E-state index is 5.57. The van der Waals surface area contributed by atoms with Gasteiger partial charge in [0.25, 0.3) is 0 Å². The molecule has 0 amide bonds. The third kappa shape index (κ3) is 3.54. The third-order valence-electron chi connectivity index (χ3n) is 2.88. The Hall–Kier alpha value is -0.880. The minimum atomic E-state index is 0.295. The van der Waals surface area contributed by atoms with Crippen LogP contribution in [0.3, 0.4) is 0 Å². The number of aromatic nitrogens is 2. The quantitative estimate of drug-likeness (QED) is 0.886. The molecule has 2 rings (SSSR count). The van der Waals surface area contributed by atoms with Crippen LogP contribution in [-0.4, -0.2) is 40.5 Å². The first-order valence-corrected chi connectivity index (χ1v) is 6.71. The van der Waals surface area contributed by atoms with Gasteiger partial charge in [-0.05, 0) is 48.8 Å². The molecule has 1 aromatic heterocycles. The van der Waals surface area contributed by atoms with Crippen LogP contribution in [0.15, 0.2) is 10.7 Å². The second-order valence-electron chi connectivity index (χ2n) is 4.48. The lowest BCUT2D eigenvalue weighted by molar-refractivity contribution is 0.327. The summed E-state index contributed by atoms with van der Waals surface area (Å²) in [6.45, 7) is 5.61. The minimum absolute atomic E-state index is 0.295. The van der Waals surface area contributed by atoms with Crippen molar-refractivity contribution in [2.24, 2.45) is 0 Å². The van der Waals surface area contributed by atoms with Crippen molar-refractivity contribution in [3.05, 3.63) is 10.7 Å². The Kier molecular flexibility index (Phi) is 4.17. The van der Waals surface area contributed by atoms with Crippen molar-refractivity contribution in [3.63, 3.8) is 0 Å². The molecule has 0 spiro atoms. The van der Waals surface area contributed by atoms with Gasteiger partial charge in [-0.2, -0.15) is 4.98 Å². The number of likely N-dealkylation sites (tertiary alicyclic amines) is 1. The van der Waals surface area contributed by atoms with Gasteiger partial charge in [-0.15, -0.1) is 0 Å². The van der Waals surface area contributed by atoms with E-state index in [0.717, 1.165) is 16.8 Å². The first kappa shape index (κ1) is 12.6. The highest BCUT2D eigenvalue weighted by molar-refractivity contribution is 9.10. The van der Waals surface area contributed by atoms with Gasteiger partial charge in [-0.25, -0.2) is 4.98 Å². The molecule has 1 atom stereocenters. The average Bonchev–Trinajstić information content (AvgIpc) is 2.76. The van der Waals surface area contributed by atoms with E-state index in [0.29, 0.717) is 12.0 Å². The maximum Gasteiger partial charge on any atom is 0.221 e. The largest absolute Gasteiger partial charge is 0.368 e. The molecule has 1 aliphatic rings. The van der Waals surface area contributed by atoms with E-state index in [4.69, 9.17) is 5.73 Å². The molecule has 6 heteroatoms. The highest BCUT2D eigenvalue weighted by Crippen LogP contribution is 2.20. The van der Waals surface area contributed by atoms with Crippen molar-refractivity contribution in [1.82, 2.24) is 14.9 Å². The van der Waals surface area contributed by atoms with Crippen LogP contribution in [0, 0.1) is 0 Å². The summed E-state index contributed by atoms with van der Waals surface area (Å²) < 4.78 is 0.847. The summed E-state index contributed by atoms with van der Waals surface area (Å²) in [5.74, 6) is 1.06. The number of nitrogens with one attached hydrogen (secondary N) is 1. The second kappa shape index (κ2) is 5.64. The molecule has 5 nitrogen and oxygen atoms in total. The fourth-order valence-corrected chi connectivity index (χ4v) is 2.42. The van der Waals surface area contributed by atoms with Gasteiger partial charge in [-0.1, -0.05) is 0 Å². The van der Waals surface area contributed by atoms with Gasteiger partial charge in [0, 0.05) is 18.8 Å². The van der Waals surface area contributed by atoms with Crippen LogP contribution in [0.5, 0.6) is 0 Å². The van der Waals surface area contributed by atoms with Crippen LogP contribution in [0.4, 0.5) is 11.8 Å². The van der Waals surface area contributed by atoms with E-state index in [1.807, 2.05) is 0 Å². The number of nitrogen functional groups attached to an aromatic ring is 1. The zero-order valence-corrected chi connectivity index (χ0v) is 11.6. The van der Waals surface area contributed by atoms with Gasteiger partial charge in [0.15, 0.2) is 0 Å². The Morgan fingerprint density at radius 2 is 2.24 bits per heavy atom. The first-order valence-electron chi connectivity index (χ1n) is 5.92. The predicted molar refractivity (Wildman–Crippen MR) is 72.9 cm³/mol. The number of hydrogen-bond donors (Lipinski definition) is 2. The van der Waals surface area contributed by atoms with Crippen LogP contribution in [0.25, 0.3) is 0 Å². The maximum atomic E-state index is 5.57. The number of hydrogen-bond acceptors (Lipinski definition) is 5. The standard InChI is InChI=1S/C11H18BrN5/c1-8(7-17-4-2-3-5-17)15-10-9(12)6-14-11(13)16-10/h6,8H,2-5,7H2,1H3,(H3,13,14,15,16). The van der Waals surface area contributed by atoms with E-state index in [1.165, 1.54) is 25.9 Å². The summed E-state index contributed by atoms with van der Waals surface area (Å²) in [5, 5.41) is 3.36. The summed E-state index contributed by atoms with van der Waals surface area (Å²) in [4.78, 5) is 10.6. The molecular formula is C11H18BrN5. The Balaban J connectivity index is 1.92. The Bertz CT molecular complexity index is 378. The highest BCUT2D eigenvalue weighted by Gasteiger charge is 2.15. The lowest BCUT2D eigenvalue weighted by Gasteiger charge is -2.22. The van der Waals surface area contributed by atoms with E-state index >= 15 is 0 Å². The summed E-state index contributed by atoms with van der Waals surface area (Å²) >= 11 is 3.41. The van der Waals surface area contributed by atoms with Crippen molar-refractivity contribution in [3.8, 4) is 0 Å². The molecular weight excluding hydrogens is 282 g/mol. The van der Waals surface area contributed by atoms with Crippen LogP contribution in [-0.2, 0) is 0 Å². The molecule has 0 radical (unpaired) electrons. The van der Waals surface area contributed by atoms with Gasteiger partial charge < -0.3 is 16.0 Å². The van der Waals surface area contributed by atoms with E-state index in [-0.39, 0.29) is 0 Å². The molecule has 1 unspecified atom stereocenters. The molecule has 17 heavy (non-hydrogen) atoms. The monoisotopic (exact) mass is 299 g/mol.